The topological polar surface area (TPSA) is 87.1 Å². The van der Waals surface area contributed by atoms with Gasteiger partial charge in [0.05, 0.1) is 0 Å². The summed E-state index contributed by atoms with van der Waals surface area (Å²) in [5.74, 6) is 1.59. The highest BCUT2D eigenvalue weighted by Gasteiger charge is 2.31. The Balaban J connectivity index is 1.40. The molecular formula is C23H26N6O. The Hall–Kier alpha value is -3.35. The van der Waals surface area contributed by atoms with Gasteiger partial charge in [-0.1, -0.05) is 30.4 Å². The van der Waals surface area contributed by atoms with Crippen molar-refractivity contribution < 1.29 is 0 Å². The maximum Gasteiger partial charge on any atom is 0.256 e. The van der Waals surface area contributed by atoms with Gasteiger partial charge in [-0.3, -0.25) is 19.7 Å². The van der Waals surface area contributed by atoms with Gasteiger partial charge in [-0.25, -0.2) is 4.98 Å². The molecule has 2 atom stereocenters. The molecule has 1 aliphatic heterocycles. The number of rotatable bonds is 4. The number of fused-ring (bicyclic) bond motifs is 2. The average molecular weight is 403 g/mol. The molecule has 5 rings (SSSR count). The van der Waals surface area contributed by atoms with Crippen LogP contribution in [-0.4, -0.2) is 27.0 Å². The highest BCUT2D eigenvalue weighted by molar-refractivity contribution is 5.93. The Morgan fingerprint density at radius 2 is 2.17 bits per heavy atom. The van der Waals surface area contributed by atoms with Crippen molar-refractivity contribution in [3.63, 3.8) is 0 Å². The normalized spacial score (nSPS) is 22.0. The molecule has 0 amide bonds. The highest BCUT2D eigenvalue weighted by Crippen LogP contribution is 2.30. The van der Waals surface area contributed by atoms with E-state index in [1.54, 1.807) is 10.6 Å². The van der Waals surface area contributed by atoms with E-state index in [1.165, 1.54) is 10.9 Å². The standard InChI is InChI=1S/C23H26N6O/c1-15-13-20(30)29-21(16-7-3-2-4-8-16)27-22(28-23(29)26-15)24-12-11-17-14-25-19-10-6-5-9-18(17)19/h2-3,5-6,9-10,13-14,16,21,25H,4,7-8,11-12H2,1H3,(H2,24,26,27,28)/t16-,21+/m1/s1. The number of anilines is 1. The highest BCUT2D eigenvalue weighted by atomic mass is 16.1. The molecule has 2 aliphatic rings. The number of aliphatic imine (C=N–C) groups is 1. The van der Waals surface area contributed by atoms with E-state index in [0.717, 1.165) is 31.2 Å². The number of aromatic nitrogens is 3. The van der Waals surface area contributed by atoms with Crippen LogP contribution in [0.15, 0.2) is 58.5 Å². The molecule has 0 fully saturated rings. The number of guanidine groups is 1. The van der Waals surface area contributed by atoms with Crippen LogP contribution in [0.3, 0.4) is 0 Å². The number of benzene rings is 1. The second-order valence-electron chi connectivity index (χ2n) is 8.03. The number of H-pyrrole nitrogens is 1. The molecular weight excluding hydrogens is 376 g/mol. The second-order valence-corrected chi connectivity index (χ2v) is 8.03. The summed E-state index contributed by atoms with van der Waals surface area (Å²) in [6.07, 6.45) is 10.2. The molecule has 30 heavy (non-hydrogen) atoms. The fourth-order valence-electron chi connectivity index (χ4n) is 4.45. The smallest absolute Gasteiger partial charge is 0.256 e. The molecule has 0 bridgehead atoms. The Morgan fingerprint density at radius 3 is 3.03 bits per heavy atom. The number of hydrogen-bond donors (Lipinski definition) is 3. The fraction of sp³-hybridized carbons (Fsp3) is 0.348. The van der Waals surface area contributed by atoms with Crippen molar-refractivity contribution >= 4 is 22.8 Å². The van der Waals surface area contributed by atoms with Gasteiger partial charge >= 0.3 is 0 Å². The lowest BCUT2D eigenvalue weighted by Gasteiger charge is -2.36. The number of aryl methyl sites for hydroxylation is 1. The van der Waals surface area contributed by atoms with Gasteiger partial charge in [-0.05, 0) is 44.2 Å². The van der Waals surface area contributed by atoms with Gasteiger partial charge in [0, 0.05) is 41.3 Å². The van der Waals surface area contributed by atoms with E-state index in [0.29, 0.717) is 30.1 Å². The summed E-state index contributed by atoms with van der Waals surface area (Å²) in [5.41, 5.74) is 3.08. The molecule has 0 saturated carbocycles. The van der Waals surface area contributed by atoms with Crippen LogP contribution >= 0.6 is 0 Å². The summed E-state index contributed by atoms with van der Waals surface area (Å²) in [5, 5.41) is 7.95. The van der Waals surface area contributed by atoms with Gasteiger partial charge in [0.1, 0.15) is 6.17 Å². The van der Waals surface area contributed by atoms with Crippen molar-refractivity contribution in [3.8, 4) is 0 Å². The SMILES string of the molecule is Cc1cc(=O)n2c(n1)NC(=NCCc1c[nH]c3ccccc13)N[C@@H]2[C@@H]1CC=CCC1. The minimum absolute atomic E-state index is 0.0325. The van der Waals surface area contributed by atoms with Gasteiger partial charge in [-0.2, -0.15) is 0 Å². The van der Waals surface area contributed by atoms with Crippen LogP contribution in [0, 0.1) is 12.8 Å². The Bertz CT molecular complexity index is 1190. The first-order chi connectivity index (χ1) is 14.7. The van der Waals surface area contributed by atoms with E-state index in [4.69, 9.17) is 4.99 Å². The van der Waals surface area contributed by atoms with Crippen LogP contribution < -0.4 is 16.2 Å². The summed E-state index contributed by atoms with van der Waals surface area (Å²) in [6.45, 7) is 2.49. The van der Waals surface area contributed by atoms with Crippen LogP contribution in [0.2, 0.25) is 0 Å². The summed E-state index contributed by atoms with van der Waals surface area (Å²) in [6, 6.07) is 9.90. The first-order valence-electron chi connectivity index (χ1n) is 10.6. The predicted molar refractivity (Wildman–Crippen MR) is 120 cm³/mol. The molecule has 0 radical (unpaired) electrons. The Morgan fingerprint density at radius 1 is 1.27 bits per heavy atom. The van der Waals surface area contributed by atoms with Gasteiger partial charge in [0.2, 0.25) is 5.95 Å². The first-order valence-corrected chi connectivity index (χ1v) is 10.6. The minimum Gasteiger partial charge on any atom is -0.361 e. The molecule has 1 aromatic carbocycles. The zero-order chi connectivity index (χ0) is 20.5. The third-order valence-electron chi connectivity index (χ3n) is 5.96. The van der Waals surface area contributed by atoms with Crippen molar-refractivity contribution in [2.75, 3.05) is 11.9 Å². The second kappa shape index (κ2) is 7.82. The molecule has 0 spiro atoms. The lowest BCUT2D eigenvalue weighted by molar-refractivity contribution is 0.276. The zero-order valence-electron chi connectivity index (χ0n) is 17.1. The third kappa shape index (κ3) is 3.51. The van der Waals surface area contributed by atoms with Crippen molar-refractivity contribution in [3.05, 3.63) is 70.3 Å². The molecule has 3 heterocycles. The van der Waals surface area contributed by atoms with Crippen molar-refractivity contribution in [1.82, 2.24) is 19.9 Å². The largest absolute Gasteiger partial charge is 0.361 e. The van der Waals surface area contributed by atoms with Gasteiger partial charge in [0.15, 0.2) is 5.96 Å². The Labute approximate surface area is 174 Å². The average Bonchev–Trinajstić information content (AvgIpc) is 3.17. The maximum absolute atomic E-state index is 12.7. The van der Waals surface area contributed by atoms with E-state index in [9.17, 15) is 4.79 Å². The van der Waals surface area contributed by atoms with Crippen molar-refractivity contribution in [2.45, 2.75) is 38.8 Å². The van der Waals surface area contributed by atoms with Crippen molar-refractivity contribution in [1.29, 1.82) is 0 Å². The molecule has 7 heteroatoms. The van der Waals surface area contributed by atoms with Crippen LogP contribution in [0.5, 0.6) is 0 Å². The van der Waals surface area contributed by atoms with E-state index < -0.39 is 0 Å². The lowest BCUT2D eigenvalue weighted by atomic mass is 9.91. The molecule has 3 aromatic rings. The van der Waals surface area contributed by atoms with E-state index in [2.05, 4.69) is 57.1 Å². The van der Waals surface area contributed by atoms with Crippen LogP contribution in [0.25, 0.3) is 10.9 Å². The maximum atomic E-state index is 12.7. The molecule has 7 nitrogen and oxygen atoms in total. The molecule has 0 unspecified atom stereocenters. The zero-order valence-corrected chi connectivity index (χ0v) is 17.1. The number of aromatic amines is 1. The quantitative estimate of drug-likeness (QED) is 0.583. The van der Waals surface area contributed by atoms with E-state index >= 15 is 0 Å². The van der Waals surface area contributed by atoms with Crippen LogP contribution in [0.1, 0.15) is 36.7 Å². The molecule has 1 aliphatic carbocycles. The van der Waals surface area contributed by atoms with Crippen LogP contribution in [0.4, 0.5) is 5.95 Å². The monoisotopic (exact) mass is 402 g/mol. The van der Waals surface area contributed by atoms with E-state index in [-0.39, 0.29) is 11.7 Å². The molecule has 154 valence electrons. The fourth-order valence-corrected chi connectivity index (χ4v) is 4.45. The summed E-state index contributed by atoms with van der Waals surface area (Å²) < 4.78 is 1.75. The van der Waals surface area contributed by atoms with Gasteiger partial charge < -0.3 is 10.3 Å². The van der Waals surface area contributed by atoms with Crippen molar-refractivity contribution in [2.24, 2.45) is 10.9 Å². The van der Waals surface area contributed by atoms with Gasteiger partial charge in [-0.15, -0.1) is 0 Å². The summed E-state index contributed by atoms with van der Waals surface area (Å²) in [7, 11) is 0. The summed E-state index contributed by atoms with van der Waals surface area (Å²) >= 11 is 0. The first kappa shape index (κ1) is 18.7. The number of allylic oxidation sites excluding steroid dienone is 2. The summed E-state index contributed by atoms with van der Waals surface area (Å²) in [4.78, 5) is 25.4. The van der Waals surface area contributed by atoms with Gasteiger partial charge in [0.25, 0.3) is 5.56 Å². The number of nitrogens with zero attached hydrogens (tertiary/aromatic N) is 3. The van der Waals surface area contributed by atoms with Crippen LogP contribution in [-0.2, 0) is 6.42 Å². The predicted octanol–water partition coefficient (Wildman–Crippen LogP) is 3.50. The molecule has 3 N–H and O–H groups in total. The number of para-hydroxylation sites is 1. The minimum atomic E-state index is -0.140. The Kier molecular flexibility index (Phi) is 4.86. The molecule has 0 saturated heterocycles. The number of hydrogen-bond acceptors (Lipinski definition) is 3. The third-order valence-corrected chi connectivity index (χ3v) is 5.96. The lowest BCUT2D eigenvalue weighted by Crippen LogP contribution is -2.50. The molecule has 2 aromatic heterocycles. The van der Waals surface area contributed by atoms with E-state index in [1.807, 2.05) is 13.0 Å². The number of nitrogens with one attached hydrogen (secondary N) is 3.